The Morgan fingerprint density at radius 2 is 1.36 bits per heavy atom. The molecule has 0 aliphatic heterocycles. The summed E-state index contributed by atoms with van der Waals surface area (Å²) in [6, 6.07) is 23.1. The van der Waals surface area contributed by atoms with Crippen LogP contribution in [0.5, 0.6) is 11.5 Å². The first-order valence-corrected chi connectivity index (χ1v) is 12.6. The summed E-state index contributed by atoms with van der Waals surface area (Å²) in [4.78, 5) is 40.5. The number of aliphatic hydroxyl groups is 1. The van der Waals surface area contributed by atoms with E-state index in [9.17, 15) is 19.5 Å². The van der Waals surface area contributed by atoms with Gasteiger partial charge in [-0.3, -0.25) is 14.4 Å². The molecule has 1 aliphatic carbocycles. The summed E-state index contributed by atoms with van der Waals surface area (Å²) in [6.45, 7) is 1.35. The summed E-state index contributed by atoms with van der Waals surface area (Å²) in [5, 5.41) is 11.4. The molecule has 0 spiro atoms. The lowest BCUT2D eigenvalue weighted by atomic mass is 9.61. The molecule has 1 aliphatic rings. The minimum Gasteiger partial charge on any atom is -0.493 e. The van der Waals surface area contributed by atoms with Crippen LogP contribution in [0, 0.1) is 11.8 Å². The third kappa shape index (κ3) is 6.29. The molecule has 0 heterocycles. The van der Waals surface area contributed by atoms with Crippen LogP contribution in [0.3, 0.4) is 0 Å². The molecule has 0 saturated heterocycles. The molecule has 0 bridgehead atoms. The van der Waals surface area contributed by atoms with Crippen LogP contribution >= 0.6 is 0 Å². The summed E-state index contributed by atoms with van der Waals surface area (Å²) in [7, 11) is 2.95. The summed E-state index contributed by atoms with van der Waals surface area (Å²) in [5.74, 6) is -4.91. The van der Waals surface area contributed by atoms with E-state index < -0.39 is 47.5 Å². The fourth-order valence-electron chi connectivity index (χ4n) is 5.11. The number of rotatable bonds is 9. The Kier molecular flexibility index (Phi) is 8.66. The Morgan fingerprint density at radius 1 is 0.821 bits per heavy atom. The van der Waals surface area contributed by atoms with Crippen molar-refractivity contribution in [1.29, 1.82) is 0 Å². The summed E-state index contributed by atoms with van der Waals surface area (Å²) in [5.41, 5.74) is 0.171. The maximum Gasteiger partial charge on any atom is 0.317 e. The third-order valence-electron chi connectivity index (χ3n) is 7.02. The highest BCUT2D eigenvalue weighted by Crippen LogP contribution is 2.48. The van der Waals surface area contributed by atoms with Gasteiger partial charge in [0.05, 0.1) is 25.7 Å². The van der Waals surface area contributed by atoms with E-state index in [-0.39, 0.29) is 13.2 Å². The van der Waals surface area contributed by atoms with Gasteiger partial charge in [-0.2, -0.15) is 0 Å². The number of carbonyl (C=O) groups excluding carboxylic acids is 3. The molecule has 3 aromatic rings. The van der Waals surface area contributed by atoms with Gasteiger partial charge in [0, 0.05) is 12.3 Å². The molecule has 4 atom stereocenters. The fraction of sp³-hybridized carbons (Fsp3) is 0.323. The van der Waals surface area contributed by atoms with Gasteiger partial charge in [0.25, 0.3) is 0 Å². The van der Waals surface area contributed by atoms with Crippen LogP contribution in [0.15, 0.2) is 78.9 Å². The van der Waals surface area contributed by atoms with E-state index in [2.05, 4.69) is 0 Å². The SMILES string of the molecule is COc1ccc([C@@H]2[C@H](C(=O)OCc3ccccc3)C(=O)C[C@@](C)(O)[C@@H]2C(=O)OCc2ccccc2)cc1OC. The Balaban J connectivity index is 1.72. The number of carbonyl (C=O) groups is 3. The molecule has 0 radical (unpaired) electrons. The minimum atomic E-state index is -1.78. The maximum absolute atomic E-state index is 13.6. The molecule has 4 rings (SSSR count). The smallest absolute Gasteiger partial charge is 0.317 e. The van der Waals surface area contributed by atoms with E-state index in [1.165, 1.54) is 21.1 Å². The van der Waals surface area contributed by atoms with E-state index in [1.807, 2.05) is 48.5 Å². The van der Waals surface area contributed by atoms with E-state index in [1.54, 1.807) is 30.3 Å². The fourth-order valence-corrected chi connectivity index (χ4v) is 5.11. The van der Waals surface area contributed by atoms with Crippen molar-refractivity contribution < 1.29 is 38.4 Å². The molecule has 8 nitrogen and oxygen atoms in total. The standard InChI is InChI=1S/C31H32O8/c1-31(35)17-23(32)27(29(33)38-18-20-10-6-4-7-11-20)26(22-14-15-24(36-2)25(16-22)37-3)28(31)30(34)39-19-21-12-8-5-9-13-21/h4-16,26-28,35H,17-19H2,1-3H3/t26-,27-,28+,31-/m1/s1. The van der Waals surface area contributed by atoms with Crippen molar-refractivity contribution in [3.8, 4) is 11.5 Å². The first kappa shape index (κ1) is 27.9. The van der Waals surface area contributed by atoms with Crippen LogP contribution in [-0.2, 0) is 37.1 Å². The van der Waals surface area contributed by atoms with Gasteiger partial charge in [0.1, 0.15) is 19.1 Å². The van der Waals surface area contributed by atoms with Gasteiger partial charge in [-0.15, -0.1) is 0 Å². The predicted octanol–water partition coefficient (Wildman–Crippen LogP) is 4.23. The highest BCUT2D eigenvalue weighted by molar-refractivity contribution is 6.02. The zero-order chi connectivity index (χ0) is 28.0. The Labute approximate surface area is 227 Å². The van der Waals surface area contributed by atoms with E-state index in [0.717, 1.165) is 11.1 Å². The maximum atomic E-state index is 13.6. The second kappa shape index (κ2) is 12.1. The summed E-state index contributed by atoms with van der Waals surface area (Å²) in [6.07, 6.45) is -0.410. The molecule has 0 amide bonds. The van der Waals surface area contributed by atoms with E-state index >= 15 is 0 Å². The summed E-state index contributed by atoms with van der Waals surface area (Å²) < 4.78 is 22.0. The lowest BCUT2D eigenvalue weighted by Crippen LogP contribution is -2.55. The van der Waals surface area contributed by atoms with Gasteiger partial charge in [0.2, 0.25) is 0 Å². The Morgan fingerprint density at radius 3 is 1.90 bits per heavy atom. The van der Waals surface area contributed by atoms with Crippen LogP contribution in [0.2, 0.25) is 0 Å². The average Bonchev–Trinajstić information content (AvgIpc) is 2.94. The first-order valence-electron chi connectivity index (χ1n) is 12.6. The highest BCUT2D eigenvalue weighted by atomic mass is 16.5. The molecule has 204 valence electrons. The topological polar surface area (TPSA) is 108 Å². The Bertz CT molecular complexity index is 1300. The van der Waals surface area contributed by atoms with Crippen molar-refractivity contribution in [2.75, 3.05) is 14.2 Å². The van der Waals surface area contributed by atoms with Crippen LogP contribution in [0.4, 0.5) is 0 Å². The number of hydrogen-bond acceptors (Lipinski definition) is 8. The number of ketones is 1. The van der Waals surface area contributed by atoms with E-state index in [4.69, 9.17) is 18.9 Å². The third-order valence-corrected chi connectivity index (χ3v) is 7.02. The quantitative estimate of drug-likeness (QED) is 0.322. The van der Waals surface area contributed by atoms with Gasteiger partial charge < -0.3 is 24.1 Å². The summed E-state index contributed by atoms with van der Waals surface area (Å²) >= 11 is 0. The number of methoxy groups -OCH3 is 2. The molecule has 3 aromatic carbocycles. The van der Waals surface area contributed by atoms with Crippen molar-refractivity contribution >= 4 is 17.7 Å². The lowest BCUT2D eigenvalue weighted by Gasteiger charge is -2.43. The monoisotopic (exact) mass is 532 g/mol. The number of Topliss-reactive ketones (excluding diaryl/α,β-unsaturated/α-hetero) is 1. The minimum absolute atomic E-state index is 0.0258. The molecule has 0 unspecified atom stereocenters. The van der Waals surface area contributed by atoms with Gasteiger partial charge in [-0.25, -0.2) is 0 Å². The molecular formula is C31H32O8. The second-order valence-electron chi connectivity index (χ2n) is 9.78. The van der Waals surface area contributed by atoms with Crippen LogP contribution in [0.1, 0.15) is 36.0 Å². The average molecular weight is 533 g/mol. The Hall–Kier alpha value is -4.17. The van der Waals surface area contributed by atoms with Crippen LogP contribution in [0.25, 0.3) is 0 Å². The largest absolute Gasteiger partial charge is 0.493 e. The number of hydrogen-bond donors (Lipinski definition) is 1. The van der Waals surface area contributed by atoms with Crippen molar-refractivity contribution in [2.45, 2.75) is 38.1 Å². The lowest BCUT2D eigenvalue weighted by molar-refractivity contribution is -0.174. The number of esters is 2. The molecule has 39 heavy (non-hydrogen) atoms. The van der Waals surface area contributed by atoms with Crippen molar-refractivity contribution in [2.24, 2.45) is 11.8 Å². The van der Waals surface area contributed by atoms with Gasteiger partial charge in [0.15, 0.2) is 17.3 Å². The van der Waals surface area contributed by atoms with Gasteiger partial charge in [-0.05, 0) is 35.7 Å². The molecule has 1 fully saturated rings. The van der Waals surface area contributed by atoms with Crippen LogP contribution in [-0.4, -0.2) is 42.6 Å². The normalized spacial score (nSPS) is 22.6. The molecule has 0 aromatic heterocycles. The predicted molar refractivity (Wildman–Crippen MR) is 142 cm³/mol. The highest BCUT2D eigenvalue weighted by Gasteiger charge is 2.57. The number of ether oxygens (including phenoxy) is 4. The zero-order valence-electron chi connectivity index (χ0n) is 22.2. The molecule has 8 heteroatoms. The molecule has 1 saturated carbocycles. The zero-order valence-corrected chi connectivity index (χ0v) is 22.2. The number of benzene rings is 3. The second-order valence-corrected chi connectivity index (χ2v) is 9.78. The molecule has 1 N–H and O–H groups in total. The van der Waals surface area contributed by atoms with Gasteiger partial charge in [-0.1, -0.05) is 66.7 Å². The van der Waals surface area contributed by atoms with E-state index in [0.29, 0.717) is 17.1 Å². The van der Waals surface area contributed by atoms with Crippen LogP contribution < -0.4 is 9.47 Å². The first-order chi connectivity index (χ1) is 18.7. The molecular weight excluding hydrogens is 500 g/mol. The van der Waals surface area contributed by atoms with Crippen molar-refractivity contribution in [3.05, 3.63) is 95.6 Å². The van der Waals surface area contributed by atoms with Crippen molar-refractivity contribution in [1.82, 2.24) is 0 Å². The van der Waals surface area contributed by atoms with Crippen molar-refractivity contribution in [3.63, 3.8) is 0 Å². The van der Waals surface area contributed by atoms with Gasteiger partial charge >= 0.3 is 11.9 Å².